The summed E-state index contributed by atoms with van der Waals surface area (Å²) in [5.74, 6) is 0.525. The van der Waals surface area contributed by atoms with Crippen molar-refractivity contribution in [3.05, 3.63) is 102 Å². The smallest absolute Gasteiger partial charge is 0.0991 e. The molecule has 5 nitrogen and oxygen atoms in total. The average molecular weight is 478 g/mol. The minimum absolute atomic E-state index is 0.313. The molecule has 0 saturated carbocycles. The molecule has 0 aliphatic carbocycles. The van der Waals surface area contributed by atoms with Gasteiger partial charge in [-0.05, 0) is 80.5 Å². The van der Waals surface area contributed by atoms with Gasteiger partial charge in [0.2, 0.25) is 0 Å². The molecule has 5 heteroatoms. The second-order valence-corrected chi connectivity index (χ2v) is 9.84. The van der Waals surface area contributed by atoms with E-state index in [1.54, 1.807) is 0 Å². The number of likely N-dealkylation sites (tertiary alicyclic amines) is 1. The first kappa shape index (κ1) is 25.1. The largest absolute Gasteiger partial charge is 0.383 e. The lowest BCUT2D eigenvalue weighted by Crippen LogP contribution is -2.31. The molecular formula is C31H35N5. The van der Waals surface area contributed by atoms with Gasteiger partial charge in [0.25, 0.3) is 0 Å². The van der Waals surface area contributed by atoms with Crippen molar-refractivity contribution < 1.29 is 0 Å². The third kappa shape index (κ3) is 5.95. The maximum Gasteiger partial charge on any atom is 0.0991 e. The van der Waals surface area contributed by atoms with Gasteiger partial charge in [0, 0.05) is 48.0 Å². The molecule has 4 rings (SSSR count). The van der Waals surface area contributed by atoms with E-state index in [2.05, 4.69) is 96.9 Å². The number of piperidine rings is 1. The Kier molecular flexibility index (Phi) is 7.75. The third-order valence-electron chi connectivity index (χ3n) is 6.79. The molecule has 0 unspecified atom stereocenters. The minimum atomic E-state index is 0.313. The SMILES string of the molecule is C=C(NC(C)C)c1cncc(Nc2cc(C(=C)N3CCC(c4ccc(C#N)cc4)CC3)ccc2C)c1. The van der Waals surface area contributed by atoms with Gasteiger partial charge in [-0.2, -0.15) is 5.26 Å². The first-order chi connectivity index (χ1) is 17.3. The van der Waals surface area contributed by atoms with Gasteiger partial charge in [0.15, 0.2) is 0 Å². The van der Waals surface area contributed by atoms with Gasteiger partial charge >= 0.3 is 0 Å². The molecule has 36 heavy (non-hydrogen) atoms. The quantitative estimate of drug-likeness (QED) is 0.372. The van der Waals surface area contributed by atoms with E-state index in [9.17, 15) is 0 Å². The zero-order valence-corrected chi connectivity index (χ0v) is 21.5. The second-order valence-electron chi connectivity index (χ2n) is 9.84. The van der Waals surface area contributed by atoms with Crippen molar-refractivity contribution in [2.45, 2.75) is 45.6 Å². The molecule has 0 bridgehead atoms. The highest BCUT2D eigenvalue weighted by Crippen LogP contribution is 2.33. The van der Waals surface area contributed by atoms with Crippen molar-refractivity contribution >= 4 is 22.8 Å². The number of hydrogen-bond acceptors (Lipinski definition) is 5. The van der Waals surface area contributed by atoms with Crippen LogP contribution in [0.4, 0.5) is 11.4 Å². The number of benzene rings is 2. The van der Waals surface area contributed by atoms with Crippen molar-refractivity contribution in [1.82, 2.24) is 15.2 Å². The predicted octanol–water partition coefficient (Wildman–Crippen LogP) is 6.82. The Labute approximate surface area is 215 Å². The molecule has 2 aromatic carbocycles. The Morgan fingerprint density at radius 1 is 1.03 bits per heavy atom. The van der Waals surface area contributed by atoms with E-state index in [-0.39, 0.29) is 0 Å². The summed E-state index contributed by atoms with van der Waals surface area (Å²) >= 11 is 0. The predicted molar refractivity (Wildman–Crippen MR) is 150 cm³/mol. The van der Waals surface area contributed by atoms with E-state index in [1.807, 2.05) is 24.5 Å². The molecule has 1 aliphatic heterocycles. The highest BCUT2D eigenvalue weighted by Gasteiger charge is 2.22. The van der Waals surface area contributed by atoms with Crippen LogP contribution in [-0.2, 0) is 0 Å². The van der Waals surface area contributed by atoms with E-state index in [0.29, 0.717) is 17.5 Å². The summed E-state index contributed by atoms with van der Waals surface area (Å²) in [5, 5.41) is 15.9. The van der Waals surface area contributed by atoms with Crippen LogP contribution in [0.25, 0.3) is 11.4 Å². The number of anilines is 2. The average Bonchev–Trinajstić information content (AvgIpc) is 2.89. The highest BCUT2D eigenvalue weighted by molar-refractivity contribution is 5.73. The molecule has 184 valence electrons. The van der Waals surface area contributed by atoms with Crippen LogP contribution < -0.4 is 10.6 Å². The maximum atomic E-state index is 9.04. The summed E-state index contributed by atoms with van der Waals surface area (Å²) in [5.41, 5.74) is 9.18. The molecule has 2 heterocycles. The summed E-state index contributed by atoms with van der Waals surface area (Å²) in [7, 11) is 0. The summed E-state index contributed by atoms with van der Waals surface area (Å²) < 4.78 is 0. The molecule has 1 aromatic heterocycles. The standard InChI is InChI=1S/C31H35N5/c1-21(2)34-23(4)29-16-30(20-33-19-29)35-31-17-28(9-6-22(31)3)24(5)36-14-12-27(13-15-36)26-10-7-25(18-32)8-11-26/h6-11,16-17,19-21,27,34-35H,4-5,12-15H2,1-3H3. The summed E-state index contributed by atoms with van der Waals surface area (Å²) in [6.07, 6.45) is 5.82. The Balaban J connectivity index is 1.43. The van der Waals surface area contributed by atoms with Gasteiger partial charge in [-0.3, -0.25) is 4.98 Å². The van der Waals surface area contributed by atoms with Crippen LogP contribution >= 0.6 is 0 Å². The molecule has 0 atom stereocenters. The number of nitrogens with zero attached hydrogens (tertiary/aromatic N) is 3. The zero-order chi connectivity index (χ0) is 25.7. The van der Waals surface area contributed by atoms with Crippen molar-refractivity contribution in [3.63, 3.8) is 0 Å². The fourth-order valence-electron chi connectivity index (χ4n) is 4.69. The molecule has 0 spiro atoms. The van der Waals surface area contributed by atoms with Gasteiger partial charge < -0.3 is 15.5 Å². The molecular weight excluding hydrogens is 442 g/mol. The van der Waals surface area contributed by atoms with E-state index >= 15 is 0 Å². The van der Waals surface area contributed by atoms with Gasteiger partial charge in [-0.25, -0.2) is 0 Å². The molecule has 0 radical (unpaired) electrons. The number of rotatable bonds is 8. The van der Waals surface area contributed by atoms with Gasteiger partial charge in [0.1, 0.15) is 0 Å². The van der Waals surface area contributed by atoms with Crippen molar-refractivity contribution in [3.8, 4) is 6.07 Å². The third-order valence-corrected chi connectivity index (χ3v) is 6.79. The van der Waals surface area contributed by atoms with Crippen LogP contribution in [-0.4, -0.2) is 29.0 Å². The maximum absolute atomic E-state index is 9.04. The first-order valence-electron chi connectivity index (χ1n) is 12.6. The molecule has 1 aliphatic rings. The lowest BCUT2D eigenvalue weighted by atomic mass is 9.88. The van der Waals surface area contributed by atoms with E-state index in [0.717, 1.165) is 65.4 Å². The highest BCUT2D eigenvalue weighted by atomic mass is 15.1. The number of aryl methyl sites for hydroxylation is 1. The second kappa shape index (κ2) is 11.1. The van der Waals surface area contributed by atoms with E-state index in [4.69, 9.17) is 5.26 Å². The van der Waals surface area contributed by atoms with Gasteiger partial charge in [-0.15, -0.1) is 0 Å². The van der Waals surface area contributed by atoms with Gasteiger partial charge in [-0.1, -0.05) is 37.4 Å². The Bertz CT molecular complexity index is 1280. The Hall–Kier alpha value is -4.04. The summed E-state index contributed by atoms with van der Waals surface area (Å²) in [4.78, 5) is 6.79. The van der Waals surface area contributed by atoms with Crippen molar-refractivity contribution in [1.29, 1.82) is 5.26 Å². The number of pyridine rings is 1. The van der Waals surface area contributed by atoms with Crippen molar-refractivity contribution in [2.24, 2.45) is 0 Å². The van der Waals surface area contributed by atoms with E-state index < -0.39 is 0 Å². The van der Waals surface area contributed by atoms with Gasteiger partial charge in [0.05, 0.1) is 23.5 Å². The zero-order valence-electron chi connectivity index (χ0n) is 21.5. The Morgan fingerprint density at radius 3 is 2.42 bits per heavy atom. The molecule has 1 fully saturated rings. The van der Waals surface area contributed by atoms with Crippen LogP contribution in [0.1, 0.15) is 60.4 Å². The van der Waals surface area contributed by atoms with Crippen molar-refractivity contribution in [2.75, 3.05) is 18.4 Å². The topological polar surface area (TPSA) is 64.0 Å². The molecule has 0 amide bonds. The number of nitrogens with one attached hydrogen (secondary N) is 2. The summed E-state index contributed by atoms with van der Waals surface area (Å²) in [6, 6.07) is 19.1. The molecule has 2 N–H and O–H groups in total. The summed E-state index contributed by atoms with van der Waals surface area (Å²) in [6.45, 7) is 16.8. The van der Waals surface area contributed by atoms with Crippen LogP contribution in [0.5, 0.6) is 0 Å². The van der Waals surface area contributed by atoms with E-state index in [1.165, 1.54) is 5.56 Å². The van der Waals surface area contributed by atoms with Crippen LogP contribution in [0.15, 0.2) is 74.1 Å². The number of hydrogen-bond donors (Lipinski definition) is 2. The number of aromatic nitrogens is 1. The fourth-order valence-corrected chi connectivity index (χ4v) is 4.69. The van der Waals surface area contributed by atoms with Crippen LogP contribution in [0, 0.1) is 18.3 Å². The van der Waals surface area contributed by atoms with Crippen LogP contribution in [0.3, 0.4) is 0 Å². The minimum Gasteiger partial charge on any atom is -0.383 e. The normalized spacial score (nSPS) is 13.8. The molecule has 1 saturated heterocycles. The lowest BCUT2D eigenvalue weighted by Gasteiger charge is -2.35. The molecule has 3 aromatic rings. The number of nitriles is 1. The lowest BCUT2D eigenvalue weighted by molar-refractivity contribution is 0.299. The fraction of sp³-hybridized carbons (Fsp3) is 0.290. The monoisotopic (exact) mass is 477 g/mol. The first-order valence-corrected chi connectivity index (χ1v) is 12.6. The Morgan fingerprint density at radius 2 is 1.75 bits per heavy atom. The van der Waals surface area contributed by atoms with Crippen LogP contribution in [0.2, 0.25) is 0 Å².